The summed E-state index contributed by atoms with van der Waals surface area (Å²) >= 11 is 0. The molecule has 0 fully saturated rings. The second kappa shape index (κ2) is 1.80. The minimum atomic E-state index is -0.0602. The number of hydrogen-bond acceptors (Lipinski definition) is 3. The van der Waals surface area contributed by atoms with E-state index in [0.29, 0.717) is 5.69 Å². The molecule has 0 radical (unpaired) electrons. The van der Waals surface area contributed by atoms with E-state index in [-0.39, 0.29) is 5.78 Å². The van der Waals surface area contributed by atoms with Crippen LogP contribution in [0.25, 0.3) is 0 Å². The first-order valence-corrected chi connectivity index (χ1v) is 3.02. The van der Waals surface area contributed by atoms with E-state index >= 15 is 0 Å². The van der Waals surface area contributed by atoms with Crippen LogP contribution in [0.2, 0.25) is 0 Å². The van der Waals surface area contributed by atoms with Gasteiger partial charge in [0.1, 0.15) is 6.26 Å². The minimum absolute atomic E-state index is 0.0602. The molecule has 0 unspecified atom stereocenters. The van der Waals surface area contributed by atoms with Gasteiger partial charge < -0.3 is 4.52 Å². The molecule has 3 heteroatoms. The summed E-state index contributed by atoms with van der Waals surface area (Å²) in [5.41, 5.74) is 1.34. The molecule has 1 heterocycles. The molecule has 0 aliphatic heterocycles. The summed E-state index contributed by atoms with van der Waals surface area (Å²) in [6.07, 6.45) is 5.59. The lowest BCUT2D eigenvalue weighted by Crippen LogP contribution is -2.03. The lowest BCUT2D eigenvalue weighted by Gasteiger charge is -1.97. The van der Waals surface area contributed by atoms with Crippen molar-refractivity contribution < 1.29 is 9.32 Å². The zero-order valence-corrected chi connectivity index (χ0v) is 5.20. The Bertz CT molecular complexity index is 298. The van der Waals surface area contributed by atoms with E-state index in [2.05, 4.69) is 9.68 Å². The fraction of sp³-hybridized carbons (Fsp3) is 0.143. The Hall–Kier alpha value is -1.38. The molecular formula is C7H5NO2. The molecule has 0 saturated heterocycles. The molecule has 0 bridgehead atoms. The van der Waals surface area contributed by atoms with E-state index < -0.39 is 0 Å². The van der Waals surface area contributed by atoms with Crippen molar-refractivity contribution in [3.63, 3.8) is 0 Å². The summed E-state index contributed by atoms with van der Waals surface area (Å²) in [4.78, 5) is 10.9. The van der Waals surface area contributed by atoms with Gasteiger partial charge in [-0.2, -0.15) is 0 Å². The first-order chi connectivity index (χ1) is 4.88. The van der Waals surface area contributed by atoms with Crippen molar-refractivity contribution in [2.24, 2.45) is 0 Å². The van der Waals surface area contributed by atoms with Crippen LogP contribution in [0.4, 0.5) is 0 Å². The van der Waals surface area contributed by atoms with E-state index in [1.165, 1.54) is 12.3 Å². The largest absolute Gasteiger partial charge is 0.364 e. The Labute approximate surface area is 57.3 Å². The van der Waals surface area contributed by atoms with Crippen molar-refractivity contribution >= 4 is 5.78 Å². The van der Waals surface area contributed by atoms with Gasteiger partial charge in [0, 0.05) is 5.56 Å². The highest BCUT2D eigenvalue weighted by Crippen LogP contribution is 2.13. The van der Waals surface area contributed by atoms with Crippen LogP contribution in [-0.4, -0.2) is 10.9 Å². The number of allylic oxidation sites excluding steroid dienone is 2. The van der Waals surface area contributed by atoms with Gasteiger partial charge in [0.25, 0.3) is 0 Å². The summed E-state index contributed by atoms with van der Waals surface area (Å²) in [6, 6.07) is 0. The van der Waals surface area contributed by atoms with Gasteiger partial charge in [0.05, 0.1) is 0 Å². The summed E-state index contributed by atoms with van der Waals surface area (Å²) in [5.74, 6) is -0.0602. The van der Waals surface area contributed by atoms with Gasteiger partial charge >= 0.3 is 0 Å². The predicted molar refractivity (Wildman–Crippen MR) is 33.7 cm³/mol. The molecule has 1 aliphatic carbocycles. The molecule has 1 aliphatic rings. The van der Waals surface area contributed by atoms with E-state index in [4.69, 9.17) is 0 Å². The van der Waals surface area contributed by atoms with Crippen LogP contribution in [-0.2, 0) is 6.42 Å². The van der Waals surface area contributed by atoms with E-state index in [0.717, 1.165) is 12.0 Å². The van der Waals surface area contributed by atoms with Crippen molar-refractivity contribution in [3.8, 4) is 0 Å². The molecule has 0 aromatic carbocycles. The summed E-state index contributed by atoms with van der Waals surface area (Å²) in [5, 5.41) is 3.56. The molecule has 0 saturated carbocycles. The Balaban J connectivity index is 2.58. The van der Waals surface area contributed by atoms with Crippen LogP contribution < -0.4 is 0 Å². The molecule has 0 atom stereocenters. The fourth-order valence-electron chi connectivity index (χ4n) is 0.977. The number of nitrogens with zero attached hydrogens (tertiary/aromatic N) is 1. The monoisotopic (exact) mass is 135 g/mol. The van der Waals surface area contributed by atoms with Gasteiger partial charge in [-0.1, -0.05) is 11.2 Å². The second-order valence-electron chi connectivity index (χ2n) is 2.16. The number of fused-ring (bicyclic) bond motifs is 1. The Kier molecular flexibility index (Phi) is 0.974. The van der Waals surface area contributed by atoms with Crippen LogP contribution >= 0.6 is 0 Å². The molecule has 50 valence electrons. The number of rotatable bonds is 0. The van der Waals surface area contributed by atoms with E-state index in [1.807, 2.05) is 6.08 Å². The number of ketones is 1. The molecule has 1 aromatic heterocycles. The van der Waals surface area contributed by atoms with Gasteiger partial charge in [-0.3, -0.25) is 4.79 Å². The highest BCUT2D eigenvalue weighted by atomic mass is 16.5. The number of carbonyl (C=O) groups excluding carboxylic acids is 1. The lowest BCUT2D eigenvalue weighted by molar-refractivity contribution is 0.103. The maximum absolute atomic E-state index is 10.9. The van der Waals surface area contributed by atoms with Crippen LogP contribution in [0, 0.1) is 0 Å². The van der Waals surface area contributed by atoms with Gasteiger partial charge in [0.2, 0.25) is 5.78 Å². The molecule has 1 aromatic rings. The zero-order chi connectivity index (χ0) is 6.97. The van der Waals surface area contributed by atoms with Crippen molar-refractivity contribution in [2.45, 2.75) is 6.42 Å². The van der Waals surface area contributed by atoms with Crippen LogP contribution in [0.1, 0.15) is 16.1 Å². The van der Waals surface area contributed by atoms with Crippen LogP contribution in [0.5, 0.6) is 0 Å². The maximum atomic E-state index is 10.9. The lowest BCUT2D eigenvalue weighted by atomic mass is 10.0. The molecule has 0 amide bonds. The standard InChI is InChI=1S/C7H5NO2/c9-6-3-1-2-5-4-10-8-7(5)6/h1,3-4H,2H2. The Morgan fingerprint density at radius 3 is 3.30 bits per heavy atom. The van der Waals surface area contributed by atoms with Crippen molar-refractivity contribution in [1.29, 1.82) is 0 Å². The van der Waals surface area contributed by atoms with Crippen LogP contribution in [0.3, 0.4) is 0 Å². The summed E-state index contributed by atoms with van der Waals surface area (Å²) in [6.45, 7) is 0. The van der Waals surface area contributed by atoms with Crippen molar-refractivity contribution in [3.05, 3.63) is 29.7 Å². The van der Waals surface area contributed by atoms with Crippen LogP contribution in [0.15, 0.2) is 22.9 Å². The highest BCUT2D eigenvalue weighted by Gasteiger charge is 2.15. The zero-order valence-electron chi connectivity index (χ0n) is 5.20. The van der Waals surface area contributed by atoms with Crippen molar-refractivity contribution in [2.75, 3.05) is 0 Å². The average molecular weight is 135 g/mol. The number of aromatic nitrogens is 1. The SMILES string of the molecule is O=C1C=CCc2conc21. The number of hydrogen-bond donors (Lipinski definition) is 0. The van der Waals surface area contributed by atoms with Gasteiger partial charge in [-0.05, 0) is 12.5 Å². The third kappa shape index (κ3) is 0.603. The quantitative estimate of drug-likeness (QED) is 0.532. The first-order valence-electron chi connectivity index (χ1n) is 3.02. The van der Waals surface area contributed by atoms with E-state index in [1.54, 1.807) is 0 Å². The number of carbonyl (C=O) groups is 1. The molecule has 10 heavy (non-hydrogen) atoms. The van der Waals surface area contributed by atoms with Gasteiger partial charge in [-0.25, -0.2) is 0 Å². The minimum Gasteiger partial charge on any atom is -0.364 e. The van der Waals surface area contributed by atoms with Crippen molar-refractivity contribution in [1.82, 2.24) is 5.16 Å². The fourth-order valence-corrected chi connectivity index (χ4v) is 0.977. The molecular weight excluding hydrogens is 130 g/mol. The molecule has 0 spiro atoms. The molecule has 3 nitrogen and oxygen atoms in total. The predicted octanol–water partition coefficient (Wildman–Crippen LogP) is 0.970. The third-order valence-corrected chi connectivity index (χ3v) is 1.48. The first kappa shape index (κ1) is 5.41. The topological polar surface area (TPSA) is 43.1 Å². The normalized spacial score (nSPS) is 15.4. The van der Waals surface area contributed by atoms with Gasteiger partial charge in [0.15, 0.2) is 5.69 Å². The highest BCUT2D eigenvalue weighted by molar-refractivity contribution is 6.04. The second-order valence-corrected chi connectivity index (χ2v) is 2.16. The maximum Gasteiger partial charge on any atom is 0.207 e. The third-order valence-electron chi connectivity index (χ3n) is 1.48. The van der Waals surface area contributed by atoms with Gasteiger partial charge in [-0.15, -0.1) is 0 Å². The molecule has 2 rings (SSSR count). The Morgan fingerprint density at radius 1 is 1.60 bits per heavy atom. The summed E-state index contributed by atoms with van der Waals surface area (Å²) < 4.78 is 4.63. The van der Waals surface area contributed by atoms with E-state index in [9.17, 15) is 4.79 Å². The smallest absolute Gasteiger partial charge is 0.207 e. The average Bonchev–Trinajstić information content (AvgIpc) is 2.36. The Morgan fingerprint density at radius 2 is 2.50 bits per heavy atom. The summed E-state index contributed by atoms with van der Waals surface area (Å²) in [7, 11) is 0. The molecule has 0 N–H and O–H groups in total.